The number of benzene rings is 1. The van der Waals surface area contributed by atoms with Crippen molar-refractivity contribution in [3.05, 3.63) is 34.6 Å². The van der Waals surface area contributed by atoms with Gasteiger partial charge in [0, 0.05) is 23.2 Å². The third-order valence-electron chi connectivity index (χ3n) is 2.48. The molecule has 1 aromatic rings. The molecule has 1 rings (SSSR count). The lowest BCUT2D eigenvalue weighted by atomic mass is 10.1. The SMILES string of the molecule is CCC(N)CNC(=O)Cc1c(F)cccc1Cl. The number of hydrogen-bond acceptors (Lipinski definition) is 2. The fourth-order valence-corrected chi connectivity index (χ4v) is 1.54. The van der Waals surface area contributed by atoms with Crippen molar-refractivity contribution in [3.8, 4) is 0 Å². The van der Waals surface area contributed by atoms with Gasteiger partial charge in [-0.3, -0.25) is 4.79 Å². The molecule has 0 radical (unpaired) electrons. The molecule has 0 bridgehead atoms. The summed E-state index contributed by atoms with van der Waals surface area (Å²) in [6.07, 6.45) is 0.711. The molecule has 0 spiro atoms. The van der Waals surface area contributed by atoms with Gasteiger partial charge in [-0.15, -0.1) is 0 Å². The Morgan fingerprint density at radius 3 is 2.88 bits per heavy atom. The number of halogens is 2. The second-order valence-electron chi connectivity index (χ2n) is 3.85. The Kier molecular flexibility index (Phi) is 5.38. The van der Waals surface area contributed by atoms with Crippen LogP contribution in [0.1, 0.15) is 18.9 Å². The van der Waals surface area contributed by atoms with Crippen molar-refractivity contribution in [3.63, 3.8) is 0 Å². The summed E-state index contributed by atoms with van der Waals surface area (Å²) >= 11 is 5.82. The summed E-state index contributed by atoms with van der Waals surface area (Å²) in [4.78, 5) is 11.5. The summed E-state index contributed by atoms with van der Waals surface area (Å²) in [5.41, 5.74) is 5.88. The molecule has 1 unspecified atom stereocenters. The quantitative estimate of drug-likeness (QED) is 0.847. The highest BCUT2D eigenvalue weighted by molar-refractivity contribution is 6.31. The average molecular weight is 259 g/mol. The predicted octanol–water partition coefficient (Wildman–Crippen LogP) is 1.88. The first kappa shape index (κ1) is 13.9. The average Bonchev–Trinajstić information content (AvgIpc) is 2.31. The molecule has 1 atom stereocenters. The largest absolute Gasteiger partial charge is 0.354 e. The molecule has 0 aliphatic heterocycles. The molecule has 0 saturated carbocycles. The van der Waals surface area contributed by atoms with Gasteiger partial charge >= 0.3 is 0 Å². The molecule has 5 heteroatoms. The van der Waals surface area contributed by atoms with Crippen LogP contribution in [0.5, 0.6) is 0 Å². The third kappa shape index (κ3) is 4.32. The molecular formula is C12H16ClFN2O. The Labute approximate surface area is 105 Å². The molecule has 1 aromatic carbocycles. The van der Waals surface area contributed by atoms with Gasteiger partial charge < -0.3 is 11.1 Å². The lowest BCUT2D eigenvalue weighted by Crippen LogP contribution is -2.37. The number of nitrogens with two attached hydrogens (primary N) is 1. The van der Waals surface area contributed by atoms with E-state index < -0.39 is 5.82 Å². The zero-order valence-electron chi connectivity index (χ0n) is 9.67. The van der Waals surface area contributed by atoms with E-state index in [1.165, 1.54) is 12.1 Å². The monoisotopic (exact) mass is 258 g/mol. The van der Waals surface area contributed by atoms with Crippen LogP contribution in [0.3, 0.4) is 0 Å². The van der Waals surface area contributed by atoms with Crippen LogP contribution in [-0.2, 0) is 11.2 Å². The van der Waals surface area contributed by atoms with Gasteiger partial charge in [-0.05, 0) is 18.6 Å². The van der Waals surface area contributed by atoms with Crippen LogP contribution in [0, 0.1) is 5.82 Å². The maximum absolute atomic E-state index is 13.4. The molecular weight excluding hydrogens is 243 g/mol. The van der Waals surface area contributed by atoms with Crippen molar-refractivity contribution in [2.45, 2.75) is 25.8 Å². The number of nitrogens with one attached hydrogen (secondary N) is 1. The van der Waals surface area contributed by atoms with Crippen LogP contribution in [0.2, 0.25) is 5.02 Å². The lowest BCUT2D eigenvalue weighted by Gasteiger charge is -2.11. The summed E-state index contributed by atoms with van der Waals surface area (Å²) in [5, 5.41) is 2.91. The summed E-state index contributed by atoms with van der Waals surface area (Å²) in [6.45, 7) is 2.33. The molecule has 0 saturated heterocycles. The summed E-state index contributed by atoms with van der Waals surface area (Å²) in [5.74, 6) is -0.742. The zero-order valence-corrected chi connectivity index (χ0v) is 10.4. The molecule has 0 aliphatic carbocycles. The Morgan fingerprint density at radius 1 is 1.59 bits per heavy atom. The smallest absolute Gasteiger partial charge is 0.224 e. The zero-order chi connectivity index (χ0) is 12.8. The predicted molar refractivity (Wildman–Crippen MR) is 66.4 cm³/mol. The van der Waals surface area contributed by atoms with E-state index in [0.29, 0.717) is 6.54 Å². The Balaban J connectivity index is 2.56. The summed E-state index contributed by atoms with van der Waals surface area (Å²) in [6, 6.07) is 4.28. The van der Waals surface area contributed by atoms with Crippen molar-refractivity contribution in [2.75, 3.05) is 6.54 Å². The fourth-order valence-electron chi connectivity index (χ4n) is 1.31. The minimum Gasteiger partial charge on any atom is -0.354 e. The van der Waals surface area contributed by atoms with E-state index in [4.69, 9.17) is 17.3 Å². The highest BCUT2D eigenvalue weighted by atomic mass is 35.5. The number of hydrogen-bond donors (Lipinski definition) is 2. The maximum atomic E-state index is 13.4. The van der Waals surface area contributed by atoms with E-state index in [1.54, 1.807) is 6.07 Å². The molecule has 17 heavy (non-hydrogen) atoms. The van der Waals surface area contributed by atoms with Crippen LogP contribution in [0.4, 0.5) is 4.39 Å². The number of carbonyl (C=O) groups is 1. The Hall–Kier alpha value is -1.13. The summed E-state index contributed by atoms with van der Waals surface area (Å²) < 4.78 is 13.4. The van der Waals surface area contributed by atoms with E-state index >= 15 is 0 Å². The van der Waals surface area contributed by atoms with E-state index in [2.05, 4.69) is 5.32 Å². The second kappa shape index (κ2) is 6.57. The van der Waals surface area contributed by atoms with Crippen LogP contribution in [0.25, 0.3) is 0 Å². The van der Waals surface area contributed by atoms with Crippen LogP contribution < -0.4 is 11.1 Å². The summed E-state index contributed by atoms with van der Waals surface area (Å²) in [7, 11) is 0. The van der Waals surface area contributed by atoms with Crippen molar-refractivity contribution < 1.29 is 9.18 Å². The first-order chi connectivity index (χ1) is 8.04. The Morgan fingerprint density at radius 2 is 2.29 bits per heavy atom. The highest BCUT2D eigenvalue weighted by Crippen LogP contribution is 2.19. The van der Waals surface area contributed by atoms with Gasteiger partial charge in [0.1, 0.15) is 5.82 Å². The molecule has 0 fully saturated rings. The van der Waals surface area contributed by atoms with Gasteiger partial charge in [-0.2, -0.15) is 0 Å². The van der Waals surface area contributed by atoms with Crippen molar-refractivity contribution in [1.82, 2.24) is 5.32 Å². The lowest BCUT2D eigenvalue weighted by molar-refractivity contribution is -0.120. The third-order valence-corrected chi connectivity index (χ3v) is 2.84. The minimum atomic E-state index is -0.465. The highest BCUT2D eigenvalue weighted by Gasteiger charge is 2.12. The van der Waals surface area contributed by atoms with Gasteiger partial charge in [0.25, 0.3) is 0 Å². The first-order valence-corrected chi connectivity index (χ1v) is 5.87. The van der Waals surface area contributed by atoms with Crippen LogP contribution in [0.15, 0.2) is 18.2 Å². The van der Waals surface area contributed by atoms with E-state index in [9.17, 15) is 9.18 Å². The Bertz CT molecular complexity index is 378. The van der Waals surface area contributed by atoms with Crippen molar-refractivity contribution >= 4 is 17.5 Å². The maximum Gasteiger partial charge on any atom is 0.224 e. The van der Waals surface area contributed by atoms with E-state index in [0.717, 1.165) is 6.42 Å². The molecule has 0 aliphatic rings. The van der Waals surface area contributed by atoms with Crippen LogP contribution in [-0.4, -0.2) is 18.5 Å². The molecule has 0 heterocycles. The number of rotatable bonds is 5. The minimum absolute atomic E-state index is 0.0675. The van der Waals surface area contributed by atoms with Gasteiger partial charge in [-0.25, -0.2) is 4.39 Å². The number of carbonyl (C=O) groups excluding carboxylic acids is 1. The molecule has 0 aromatic heterocycles. The van der Waals surface area contributed by atoms with Crippen molar-refractivity contribution in [1.29, 1.82) is 0 Å². The van der Waals surface area contributed by atoms with E-state index in [1.807, 2.05) is 6.92 Å². The number of amides is 1. The molecule has 94 valence electrons. The molecule has 1 amide bonds. The molecule has 3 N–H and O–H groups in total. The first-order valence-electron chi connectivity index (χ1n) is 5.49. The topological polar surface area (TPSA) is 55.1 Å². The van der Waals surface area contributed by atoms with Crippen molar-refractivity contribution in [2.24, 2.45) is 5.73 Å². The molecule has 3 nitrogen and oxygen atoms in total. The second-order valence-corrected chi connectivity index (χ2v) is 4.26. The normalized spacial score (nSPS) is 12.2. The van der Waals surface area contributed by atoms with Gasteiger partial charge in [0.15, 0.2) is 0 Å². The fraction of sp³-hybridized carbons (Fsp3) is 0.417. The standard InChI is InChI=1S/C12H16ClFN2O/c1-2-8(15)7-16-12(17)6-9-10(13)4-3-5-11(9)14/h3-5,8H,2,6-7,15H2,1H3,(H,16,17). The van der Waals surface area contributed by atoms with Gasteiger partial charge in [0.2, 0.25) is 5.91 Å². The van der Waals surface area contributed by atoms with E-state index in [-0.39, 0.29) is 29.0 Å². The van der Waals surface area contributed by atoms with Crippen LogP contribution >= 0.6 is 11.6 Å². The van der Waals surface area contributed by atoms with Gasteiger partial charge in [0.05, 0.1) is 6.42 Å². The van der Waals surface area contributed by atoms with Gasteiger partial charge in [-0.1, -0.05) is 24.6 Å².